The van der Waals surface area contributed by atoms with E-state index in [4.69, 9.17) is 19.7 Å². The average Bonchev–Trinajstić information content (AvgIpc) is 3.33. The zero-order valence-corrected chi connectivity index (χ0v) is 20.4. The summed E-state index contributed by atoms with van der Waals surface area (Å²) in [5.74, 6) is 1.77. The zero-order valence-electron chi connectivity index (χ0n) is 20.4. The van der Waals surface area contributed by atoms with Crippen molar-refractivity contribution < 1.29 is 4.74 Å². The molecule has 38 heavy (non-hydrogen) atoms. The van der Waals surface area contributed by atoms with Gasteiger partial charge in [-0.25, -0.2) is 4.98 Å². The lowest BCUT2D eigenvalue weighted by Gasteiger charge is -2.14. The number of benzene rings is 5. The average molecular weight is 491 g/mol. The quantitative estimate of drug-likeness (QED) is 0.245. The van der Waals surface area contributed by atoms with Gasteiger partial charge >= 0.3 is 6.01 Å². The van der Waals surface area contributed by atoms with Gasteiger partial charge in [0, 0.05) is 21.9 Å². The Balaban J connectivity index is 1.40. The van der Waals surface area contributed by atoms with Crippen molar-refractivity contribution in [3.8, 4) is 40.2 Å². The summed E-state index contributed by atoms with van der Waals surface area (Å²) >= 11 is 0. The van der Waals surface area contributed by atoms with E-state index in [2.05, 4.69) is 59.2 Å². The van der Waals surface area contributed by atoms with Crippen LogP contribution in [-0.2, 0) is 0 Å². The Hall–Kier alpha value is -5.29. The molecule has 5 nitrogen and oxygen atoms in total. The van der Waals surface area contributed by atoms with Gasteiger partial charge in [-0.1, -0.05) is 109 Å². The fourth-order valence-corrected chi connectivity index (χ4v) is 4.84. The second-order valence-electron chi connectivity index (χ2n) is 8.94. The number of fused-ring (bicyclic) bond motifs is 3. The van der Waals surface area contributed by atoms with Crippen molar-refractivity contribution >= 4 is 21.8 Å². The molecule has 0 fully saturated rings. The standard InChI is InChI=1S/C33H22N4O/c1-3-13-23(14-4-1)31-34-32(24-15-5-2-6-16-24)36-33(35-31)38-30-22-12-11-21-29(30)37-27-19-9-7-17-25(27)26-18-8-10-20-28(26)37/h1-22H. The molecule has 2 heterocycles. The molecule has 2 aromatic heterocycles. The number of rotatable bonds is 5. The number of para-hydroxylation sites is 4. The smallest absolute Gasteiger partial charge is 0.326 e. The minimum absolute atomic E-state index is 0.242. The Kier molecular flexibility index (Phi) is 5.37. The largest absolute Gasteiger partial charge is 0.422 e. The van der Waals surface area contributed by atoms with Crippen LogP contribution in [0.3, 0.4) is 0 Å². The summed E-state index contributed by atoms with van der Waals surface area (Å²) in [6.07, 6.45) is 0. The summed E-state index contributed by atoms with van der Waals surface area (Å²) in [4.78, 5) is 14.2. The van der Waals surface area contributed by atoms with E-state index in [1.165, 1.54) is 10.8 Å². The Morgan fingerprint density at radius 1 is 0.447 bits per heavy atom. The number of ether oxygens (including phenoxy) is 1. The van der Waals surface area contributed by atoms with Crippen molar-refractivity contribution in [3.05, 3.63) is 133 Å². The molecule has 0 bridgehead atoms. The topological polar surface area (TPSA) is 52.8 Å². The van der Waals surface area contributed by atoms with E-state index in [-0.39, 0.29) is 6.01 Å². The molecule has 180 valence electrons. The van der Waals surface area contributed by atoms with Crippen LogP contribution in [0.25, 0.3) is 50.3 Å². The van der Waals surface area contributed by atoms with E-state index >= 15 is 0 Å². The Bertz CT molecular complexity index is 1780. The molecule has 0 amide bonds. The molecule has 0 radical (unpaired) electrons. The molecule has 0 unspecified atom stereocenters. The molecule has 7 aromatic rings. The lowest BCUT2D eigenvalue weighted by atomic mass is 10.2. The van der Waals surface area contributed by atoms with Crippen LogP contribution in [0.15, 0.2) is 133 Å². The molecule has 7 rings (SSSR count). The summed E-state index contributed by atoms with van der Waals surface area (Å²) in [5, 5.41) is 2.38. The number of hydrogen-bond acceptors (Lipinski definition) is 4. The second-order valence-corrected chi connectivity index (χ2v) is 8.94. The van der Waals surface area contributed by atoms with Crippen molar-refractivity contribution in [1.82, 2.24) is 19.5 Å². The van der Waals surface area contributed by atoms with Gasteiger partial charge in [-0.2, -0.15) is 9.97 Å². The van der Waals surface area contributed by atoms with Crippen LogP contribution in [0.1, 0.15) is 0 Å². The van der Waals surface area contributed by atoms with E-state index < -0.39 is 0 Å². The van der Waals surface area contributed by atoms with Crippen molar-refractivity contribution in [1.29, 1.82) is 0 Å². The van der Waals surface area contributed by atoms with Crippen LogP contribution in [0.5, 0.6) is 11.8 Å². The first kappa shape index (κ1) is 21.9. The second kappa shape index (κ2) is 9.30. The normalized spacial score (nSPS) is 11.2. The maximum absolute atomic E-state index is 6.47. The highest BCUT2D eigenvalue weighted by Gasteiger charge is 2.17. The maximum atomic E-state index is 6.47. The van der Waals surface area contributed by atoms with Crippen molar-refractivity contribution in [2.24, 2.45) is 0 Å². The van der Waals surface area contributed by atoms with Crippen molar-refractivity contribution in [2.45, 2.75) is 0 Å². The summed E-state index contributed by atoms with van der Waals surface area (Å²) in [5.41, 5.74) is 4.92. The molecule has 0 aliphatic heterocycles. The molecule has 0 spiro atoms. The third-order valence-corrected chi connectivity index (χ3v) is 6.57. The number of aromatic nitrogens is 4. The van der Waals surface area contributed by atoms with Gasteiger partial charge < -0.3 is 9.30 Å². The van der Waals surface area contributed by atoms with Crippen LogP contribution in [-0.4, -0.2) is 19.5 Å². The van der Waals surface area contributed by atoms with E-state index in [0.717, 1.165) is 27.8 Å². The minimum atomic E-state index is 0.242. The maximum Gasteiger partial charge on any atom is 0.326 e. The van der Waals surface area contributed by atoms with Crippen LogP contribution in [0, 0.1) is 0 Å². The highest BCUT2D eigenvalue weighted by molar-refractivity contribution is 6.09. The Morgan fingerprint density at radius 2 is 0.921 bits per heavy atom. The van der Waals surface area contributed by atoms with Crippen LogP contribution in [0.4, 0.5) is 0 Å². The Morgan fingerprint density at radius 3 is 1.50 bits per heavy atom. The van der Waals surface area contributed by atoms with Crippen molar-refractivity contribution in [3.63, 3.8) is 0 Å². The zero-order chi connectivity index (χ0) is 25.3. The van der Waals surface area contributed by atoms with E-state index in [1.54, 1.807) is 0 Å². The van der Waals surface area contributed by atoms with Gasteiger partial charge in [0.05, 0.1) is 16.7 Å². The molecular weight excluding hydrogens is 468 g/mol. The lowest BCUT2D eigenvalue weighted by Crippen LogP contribution is -2.03. The van der Waals surface area contributed by atoms with Crippen LogP contribution in [0.2, 0.25) is 0 Å². The van der Waals surface area contributed by atoms with Gasteiger partial charge in [0.1, 0.15) is 0 Å². The molecule has 5 heteroatoms. The third-order valence-electron chi connectivity index (χ3n) is 6.57. The molecule has 0 N–H and O–H groups in total. The summed E-state index contributed by atoms with van der Waals surface area (Å²) < 4.78 is 8.71. The predicted molar refractivity (Wildman–Crippen MR) is 152 cm³/mol. The monoisotopic (exact) mass is 490 g/mol. The summed E-state index contributed by atoms with van der Waals surface area (Å²) in [7, 11) is 0. The van der Waals surface area contributed by atoms with Gasteiger partial charge in [-0.15, -0.1) is 0 Å². The summed E-state index contributed by atoms with van der Waals surface area (Å²) in [6, 6.07) is 44.9. The van der Waals surface area contributed by atoms with Crippen molar-refractivity contribution in [2.75, 3.05) is 0 Å². The van der Waals surface area contributed by atoms with E-state index in [0.29, 0.717) is 17.4 Å². The predicted octanol–water partition coefficient (Wildman–Crippen LogP) is 8.10. The van der Waals surface area contributed by atoms with Gasteiger partial charge in [-0.05, 0) is 24.3 Å². The molecule has 5 aromatic carbocycles. The third kappa shape index (κ3) is 3.87. The highest BCUT2D eigenvalue weighted by atomic mass is 16.5. The minimum Gasteiger partial charge on any atom is -0.422 e. The molecule has 0 atom stereocenters. The fraction of sp³-hybridized carbons (Fsp3) is 0. The molecular formula is C33H22N4O. The van der Waals surface area contributed by atoms with E-state index in [1.807, 2.05) is 78.9 Å². The molecule has 0 aliphatic carbocycles. The first-order valence-electron chi connectivity index (χ1n) is 12.5. The highest BCUT2D eigenvalue weighted by Crippen LogP contribution is 2.36. The van der Waals surface area contributed by atoms with Gasteiger partial charge in [0.25, 0.3) is 0 Å². The van der Waals surface area contributed by atoms with Crippen LogP contribution >= 0.6 is 0 Å². The Labute approximate surface area is 219 Å². The first-order valence-corrected chi connectivity index (χ1v) is 12.5. The molecule has 0 aliphatic rings. The van der Waals surface area contributed by atoms with Gasteiger partial charge in [0.15, 0.2) is 17.4 Å². The first-order chi connectivity index (χ1) is 18.8. The van der Waals surface area contributed by atoms with E-state index in [9.17, 15) is 0 Å². The SMILES string of the molecule is c1ccc(-c2nc(Oc3ccccc3-n3c4ccccc4c4ccccc43)nc(-c3ccccc3)n2)cc1. The molecule has 0 saturated heterocycles. The number of hydrogen-bond donors (Lipinski definition) is 0. The summed E-state index contributed by atoms with van der Waals surface area (Å²) in [6.45, 7) is 0. The number of nitrogens with zero attached hydrogens (tertiary/aromatic N) is 4. The van der Waals surface area contributed by atoms with Gasteiger partial charge in [0.2, 0.25) is 0 Å². The van der Waals surface area contributed by atoms with Crippen LogP contribution < -0.4 is 4.74 Å². The molecule has 0 saturated carbocycles. The lowest BCUT2D eigenvalue weighted by molar-refractivity contribution is 0.439. The van der Waals surface area contributed by atoms with Gasteiger partial charge in [-0.3, -0.25) is 0 Å². The fourth-order valence-electron chi connectivity index (χ4n) is 4.84.